The van der Waals surface area contributed by atoms with Gasteiger partial charge in [-0.2, -0.15) is 0 Å². The molecule has 5 heteroatoms. The summed E-state index contributed by atoms with van der Waals surface area (Å²) in [4.78, 5) is 15.7. The van der Waals surface area contributed by atoms with Crippen molar-refractivity contribution in [1.29, 1.82) is 0 Å². The normalized spacial score (nSPS) is 18.0. The van der Waals surface area contributed by atoms with Crippen molar-refractivity contribution in [2.75, 3.05) is 5.32 Å². The van der Waals surface area contributed by atoms with E-state index in [1.165, 1.54) is 0 Å². The van der Waals surface area contributed by atoms with E-state index in [1.54, 1.807) is 18.3 Å². The van der Waals surface area contributed by atoms with Crippen LogP contribution in [-0.4, -0.2) is 16.4 Å². The summed E-state index contributed by atoms with van der Waals surface area (Å²) >= 11 is 5.77. The number of aromatic nitrogens is 1. The molecular weight excluding hydrogens is 214 g/mol. The fourth-order valence-electron chi connectivity index (χ4n) is 1.50. The average molecular weight is 226 g/mol. The minimum Gasteiger partial charge on any atom is -0.317 e. The van der Waals surface area contributed by atoms with Crippen LogP contribution in [0.5, 0.6) is 0 Å². The van der Waals surface area contributed by atoms with Crippen molar-refractivity contribution in [2.24, 2.45) is 5.73 Å². The Morgan fingerprint density at radius 1 is 1.60 bits per heavy atom. The molecule has 0 aromatic carbocycles. The topological polar surface area (TPSA) is 68.0 Å². The van der Waals surface area contributed by atoms with Crippen LogP contribution in [0.2, 0.25) is 5.02 Å². The lowest BCUT2D eigenvalue weighted by molar-refractivity contribution is -0.123. The maximum atomic E-state index is 11.7. The number of carbonyl (C=O) groups is 1. The number of halogens is 1. The average Bonchev–Trinajstić information content (AvgIpc) is 2.14. The molecule has 1 saturated carbocycles. The van der Waals surface area contributed by atoms with Gasteiger partial charge in [-0.3, -0.25) is 4.79 Å². The monoisotopic (exact) mass is 225 g/mol. The number of carbonyl (C=O) groups excluding carboxylic acids is 1. The Morgan fingerprint density at radius 2 is 2.33 bits per heavy atom. The molecule has 0 radical (unpaired) electrons. The van der Waals surface area contributed by atoms with E-state index >= 15 is 0 Å². The number of hydrogen-bond acceptors (Lipinski definition) is 3. The Kier molecular flexibility index (Phi) is 2.63. The standard InChI is InChI=1S/C10H12ClN3O/c11-7-2-5-13-8(6-7)14-9(15)10(12)3-1-4-10/h2,5-6H,1,3-4,12H2,(H,13,14,15). The Morgan fingerprint density at radius 3 is 2.87 bits per heavy atom. The van der Waals surface area contributed by atoms with Gasteiger partial charge in [0.15, 0.2) is 0 Å². The second-order valence-electron chi connectivity index (χ2n) is 3.82. The van der Waals surface area contributed by atoms with Crippen LogP contribution in [0, 0.1) is 0 Å². The zero-order chi connectivity index (χ0) is 10.9. The molecule has 0 unspecified atom stereocenters. The van der Waals surface area contributed by atoms with Gasteiger partial charge in [0, 0.05) is 11.2 Å². The minimum absolute atomic E-state index is 0.177. The van der Waals surface area contributed by atoms with E-state index in [1.807, 2.05) is 0 Å². The largest absolute Gasteiger partial charge is 0.317 e. The van der Waals surface area contributed by atoms with Gasteiger partial charge in [0.1, 0.15) is 5.82 Å². The molecule has 0 atom stereocenters. The maximum Gasteiger partial charge on any atom is 0.245 e. The van der Waals surface area contributed by atoms with Crippen molar-refractivity contribution in [3.63, 3.8) is 0 Å². The van der Waals surface area contributed by atoms with Crippen LogP contribution in [0.3, 0.4) is 0 Å². The van der Waals surface area contributed by atoms with Crippen LogP contribution >= 0.6 is 11.6 Å². The number of anilines is 1. The van der Waals surface area contributed by atoms with Gasteiger partial charge in [-0.15, -0.1) is 0 Å². The fraction of sp³-hybridized carbons (Fsp3) is 0.400. The molecular formula is C10H12ClN3O. The predicted octanol–water partition coefficient (Wildman–Crippen LogP) is 1.55. The van der Waals surface area contributed by atoms with Gasteiger partial charge in [0.05, 0.1) is 5.54 Å². The zero-order valence-corrected chi connectivity index (χ0v) is 8.92. The van der Waals surface area contributed by atoms with E-state index < -0.39 is 5.54 Å². The molecule has 1 fully saturated rings. The van der Waals surface area contributed by atoms with E-state index in [-0.39, 0.29) is 5.91 Å². The van der Waals surface area contributed by atoms with Crippen molar-refractivity contribution in [3.8, 4) is 0 Å². The van der Waals surface area contributed by atoms with Gasteiger partial charge >= 0.3 is 0 Å². The summed E-state index contributed by atoms with van der Waals surface area (Å²) in [6, 6.07) is 3.25. The molecule has 2 rings (SSSR count). The van der Waals surface area contributed by atoms with Crippen molar-refractivity contribution >= 4 is 23.3 Å². The highest BCUT2D eigenvalue weighted by atomic mass is 35.5. The molecule has 80 valence electrons. The third-order valence-corrected chi connectivity index (χ3v) is 2.90. The number of rotatable bonds is 2. The summed E-state index contributed by atoms with van der Waals surface area (Å²) in [7, 11) is 0. The number of hydrogen-bond donors (Lipinski definition) is 2. The number of nitrogens with zero attached hydrogens (tertiary/aromatic N) is 1. The van der Waals surface area contributed by atoms with Crippen molar-refractivity contribution in [2.45, 2.75) is 24.8 Å². The van der Waals surface area contributed by atoms with Crippen LogP contribution in [0.1, 0.15) is 19.3 Å². The predicted molar refractivity (Wildman–Crippen MR) is 58.6 cm³/mol. The second-order valence-corrected chi connectivity index (χ2v) is 4.26. The molecule has 1 aliphatic carbocycles. The van der Waals surface area contributed by atoms with Crippen molar-refractivity contribution in [3.05, 3.63) is 23.4 Å². The number of nitrogens with two attached hydrogens (primary N) is 1. The van der Waals surface area contributed by atoms with Crippen molar-refractivity contribution < 1.29 is 4.79 Å². The summed E-state index contributed by atoms with van der Waals surface area (Å²) in [5.41, 5.74) is 5.16. The molecule has 0 bridgehead atoms. The van der Waals surface area contributed by atoms with E-state index in [0.717, 1.165) is 19.3 Å². The summed E-state index contributed by atoms with van der Waals surface area (Å²) in [6.07, 6.45) is 4.02. The third kappa shape index (κ3) is 2.11. The van der Waals surface area contributed by atoms with Crippen LogP contribution in [0.4, 0.5) is 5.82 Å². The molecule has 0 saturated heterocycles. The maximum absolute atomic E-state index is 11.7. The molecule has 1 aromatic rings. The van der Waals surface area contributed by atoms with Gasteiger partial charge in [-0.1, -0.05) is 11.6 Å². The molecule has 15 heavy (non-hydrogen) atoms. The number of nitrogens with one attached hydrogen (secondary N) is 1. The molecule has 4 nitrogen and oxygen atoms in total. The third-order valence-electron chi connectivity index (χ3n) is 2.66. The first-order valence-electron chi connectivity index (χ1n) is 4.82. The Labute approximate surface area is 92.8 Å². The summed E-state index contributed by atoms with van der Waals surface area (Å²) in [5.74, 6) is 0.271. The molecule has 1 heterocycles. The van der Waals surface area contributed by atoms with Gasteiger partial charge in [0.25, 0.3) is 0 Å². The van der Waals surface area contributed by atoms with E-state index in [2.05, 4.69) is 10.3 Å². The molecule has 3 N–H and O–H groups in total. The molecule has 0 spiro atoms. The molecule has 1 amide bonds. The van der Waals surface area contributed by atoms with Crippen LogP contribution in [-0.2, 0) is 4.79 Å². The minimum atomic E-state index is -0.704. The fourth-order valence-corrected chi connectivity index (χ4v) is 1.66. The zero-order valence-electron chi connectivity index (χ0n) is 8.16. The second kappa shape index (κ2) is 3.79. The van der Waals surface area contributed by atoms with Gasteiger partial charge < -0.3 is 11.1 Å². The SMILES string of the molecule is NC1(C(=O)Nc2cc(Cl)ccn2)CCC1. The van der Waals surface area contributed by atoms with Crippen LogP contribution < -0.4 is 11.1 Å². The van der Waals surface area contributed by atoms with Crippen molar-refractivity contribution in [1.82, 2.24) is 4.98 Å². The van der Waals surface area contributed by atoms with Gasteiger partial charge in [-0.25, -0.2) is 4.98 Å². The first-order valence-corrected chi connectivity index (χ1v) is 5.20. The molecule has 1 aliphatic rings. The first kappa shape index (κ1) is 10.4. The van der Waals surface area contributed by atoms with Gasteiger partial charge in [0.2, 0.25) is 5.91 Å². The lowest BCUT2D eigenvalue weighted by Gasteiger charge is -2.35. The Balaban J connectivity index is 2.06. The lowest BCUT2D eigenvalue weighted by atomic mass is 9.77. The highest BCUT2D eigenvalue weighted by Crippen LogP contribution is 2.30. The number of pyridine rings is 1. The summed E-state index contributed by atoms with van der Waals surface area (Å²) in [6.45, 7) is 0. The lowest BCUT2D eigenvalue weighted by Crippen LogP contribution is -2.56. The number of amides is 1. The van der Waals surface area contributed by atoms with E-state index in [4.69, 9.17) is 17.3 Å². The Bertz CT molecular complexity index is 390. The molecule has 0 aliphatic heterocycles. The highest BCUT2D eigenvalue weighted by molar-refractivity contribution is 6.30. The molecule has 1 aromatic heterocycles. The van der Waals surface area contributed by atoms with Crippen LogP contribution in [0.15, 0.2) is 18.3 Å². The Hall–Kier alpha value is -1.13. The summed E-state index contributed by atoms with van der Waals surface area (Å²) in [5, 5.41) is 3.21. The smallest absolute Gasteiger partial charge is 0.245 e. The van der Waals surface area contributed by atoms with Gasteiger partial charge in [-0.05, 0) is 31.4 Å². The highest BCUT2D eigenvalue weighted by Gasteiger charge is 2.40. The van der Waals surface area contributed by atoms with E-state index in [9.17, 15) is 4.79 Å². The summed E-state index contributed by atoms with van der Waals surface area (Å²) < 4.78 is 0. The first-order chi connectivity index (χ1) is 7.10. The quantitative estimate of drug-likeness (QED) is 0.803. The van der Waals surface area contributed by atoms with Crippen LogP contribution in [0.25, 0.3) is 0 Å². The van der Waals surface area contributed by atoms with E-state index in [0.29, 0.717) is 10.8 Å².